The molecule has 1 aromatic carbocycles. The number of hydrogen-bond acceptors (Lipinski definition) is 3. The zero-order valence-electron chi connectivity index (χ0n) is 13.3. The monoisotopic (exact) mass is 377 g/mol. The molecule has 1 amide bonds. The Morgan fingerprint density at radius 1 is 1.17 bits per heavy atom. The Bertz CT molecular complexity index is 677. The van der Waals surface area contributed by atoms with Gasteiger partial charge in [-0.15, -0.1) is 0 Å². The molecule has 0 aliphatic heterocycles. The van der Waals surface area contributed by atoms with Crippen molar-refractivity contribution in [1.29, 1.82) is 0 Å². The van der Waals surface area contributed by atoms with Crippen molar-refractivity contribution in [3.63, 3.8) is 0 Å². The first kappa shape index (κ1) is 17.4. The number of nitrogens with one attached hydrogen (secondary N) is 1. The van der Waals surface area contributed by atoms with Crippen LogP contribution >= 0.6 is 15.9 Å². The summed E-state index contributed by atoms with van der Waals surface area (Å²) in [6.45, 7) is 4.91. The SMILES string of the molecule is CC(C)Cn1nccc1NC(=O)CCC(=O)c1ccc(Br)cc1. The molecule has 6 heteroatoms. The van der Waals surface area contributed by atoms with E-state index in [2.05, 4.69) is 40.2 Å². The Labute approximate surface area is 144 Å². The fourth-order valence-electron chi connectivity index (χ4n) is 2.14. The Morgan fingerprint density at radius 2 is 1.87 bits per heavy atom. The maximum atomic E-state index is 12.1. The van der Waals surface area contributed by atoms with Gasteiger partial charge in [-0.3, -0.25) is 9.59 Å². The summed E-state index contributed by atoms with van der Waals surface area (Å²) in [6, 6.07) is 8.90. The van der Waals surface area contributed by atoms with Gasteiger partial charge in [0.2, 0.25) is 5.91 Å². The molecule has 0 unspecified atom stereocenters. The van der Waals surface area contributed by atoms with Crippen LogP contribution in [0.3, 0.4) is 0 Å². The van der Waals surface area contributed by atoms with E-state index in [1.807, 2.05) is 12.1 Å². The molecule has 0 spiro atoms. The Kier molecular flexibility index (Phi) is 6.10. The van der Waals surface area contributed by atoms with Gasteiger partial charge in [-0.05, 0) is 18.1 Å². The van der Waals surface area contributed by atoms with Crippen molar-refractivity contribution in [1.82, 2.24) is 9.78 Å². The number of anilines is 1. The van der Waals surface area contributed by atoms with E-state index in [1.54, 1.807) is 29.1 Å². The fourth-order valence-corrected chi connectivity index (χ4v) is 2.41. The number of Topliss-reactive ketones (excluding diaryl/α,β-unsaturated/α-hetero) is 1. The van der Waals surface area contributed by atoms with Gasteiger partial charge in [0, 0.05) is 35.5 Å². The van der Waals surface area contributed by atoms with Crippen molar-refractivity contribution >= 4 is 33.4 Å². The van der Waals surface area contributed by atoms with E-state index >= 15 is 0 Å². The van der Waals surface area contributed by atoms with Crippen LogP contribution in [0.15, 0.2) is 41.0 Å². The Morgan fingerprint density at radius 3 is 2.52 bits per heavy atom. The Balaban J connectivity index is 1.87. The third kappa shape index (κ3) is 5.32. The molecule has 2 aromatic rings. The van der Waals surface area contributed by atoms with Gasteiger partial charge >= 0.3 is 0 Å². The molecule has 0 fully saturated rings. The summed E-state index contributed by atoms with van der Waals surface area (Å²) in [4.78, 5) is 24.1. The molecule has 0 aliphatic rings. The summed E-state index contributed by atoms with van der Waals surface area (Å²) in [5, 5.41) is 7.00. The minimum atomic E-state index is -0.180. The first-order valence-electron chi connectivity index (χ1n) is 7.56. The molecule has 2 rings (SSSR count). The van der Waals surface area contributed by atoms with E-state index in [0.717, 1.165) is 11.0 Å². The second kappa shape index (κ2) is 8.06. The van der Waals surface area contributed by atoms with Gasteiger partial charge in [0.15, 0.2) is 5.78 Å². The molecule has 1 N–H and O–H groups in total. The van der Waals surface area contributed by atoms with Crippen molar-refractivity contribution in [2.75, 3.05) is 5.32 Å². The lowest BCUT2D eigenvalue weighted by Gasteiger charge is -2.10. The minimum absolute atomic E-state index is 0.0386. The molecule has 0 bridgehead atoms. The van der Waals surface area contributed by atoms with Crippen LogP contribution in [0.5, 0.6) is 0 Å². The molecule has 0 aliphatic carbocycles. The molecule has 0 radical (unpaired) electrons. The lowest BCUT2D eigenvalue weighted by atomic mass is 10.1. The predicted molar refractivity (Wildman–Crippen MR) is 93.4 cm³/mol. The fraction of sp³-hybridized carbons (Fsp3) is 0.353. The van der Waals surface area contributed by atoms with Crippen molar-refractivity contribution in [3.05, 3.63) is 46.6 Å². The summed E-state index contributed by atoms with van der Waals surface area (Å²) < 4.78 is 2.68. The third-order valence-corrected chi connectivity index (χ3v) is 3.80. The Hall–Kier alpha value is -1.95. The van der Waals surface area contributed by atoms with E-state index in [-0.39, 0.29) is 24.5 Å². The summed E-state index contributed by atoms with van der Waals surface area (Å²) in [7, 11) is 0. The topological polar surface area (TPSA) is 64.0 Å². The summed E-state index contributed by atoms with van der Waals surface area (Å²) in [5.74, 6) is 0.883. The zero-order chi connectivity index (χ0) is 16.8. The van der Waals surface area contributed by atoms with Crippen LogP contribution in [0.2, 0.25) is 0 Å². The molecule has 122 valence electrons. The highest BCUT2D eigenvalue weighted by atomic mass is 79.9. The lowest BCUT2D eigenvalue weighted by Crippen LogP contribution is -2.18. The summed E-state index contributed by atoms with van der Waals surface area (Å²) >= 11 is 3.33. The number of hydrogen-bond donors (Lipinski definition) is 1. The number of ketones is 1. The summed E-state index contributed by atoms with van der Waals surface area (Å²) in [5.41, 5.74) is 0.617. The smallest absolute Gasteiger partial charge is 0.225 e. The average molecular weight is 378 g/mol. The van der Waals surface area contributed by atoms with E-state index in [4.69, 9.17) is 0 Å². The van der Waals surface area contributed by atoms with Gasteiger partial charge in [0.25, 0.3) is 0 Å². The van der Waals surface area contributed by atoms with Gasteiger partial charge < -0.3 is 5.32 Å². The summed E-state index contributed by atoms with van der Waals surface area (Å²) in [6.07, 6.45) is 2.00. The lowest BCUT2D eigenvalue weighted by molar-refractivity contribution is -0.116. The van der Waals surface area contributed by atoms with Crippen molar-refractivity contribution in [2.45, 2.75) is 33.2 Å². The van der Waals surface area contributed by atoms with E-state index in [9.17, 15) is 9.59 Å². The first-order valence-corrected chi connectivity index (χ1v) is 8.35. The van der Waals surface area contributed by atoms with Crippen molar-refractivity contribution in [2.24, 2.45) is 5.92 Å². The highest BCUT2D eigenvalue weighted by Gasteiger charge is 2.12. The molecule has 1 aromatic heterocycles. The van der Waals surface area contributed by atoms with Gasteiger partial charge in [-0.2, -0.15) is 5.10 Å². The molecule has 5 nitrogen and oxygen atoms in total. The first-order chi connectivity index (χ1) is 11.0. The van der Waals surface area contributed by atoms with Crippen LogP contribution in [-0.2, 0) is 11.3 Å². The number of carbonyl (C=O) groups is 2. The number of halogens is 1. The van der Waals surface area contributed by atoms with Crippen LogP contribution in [0.25, 0.3) is 0 Å². The molecule has 0 saturated heterocycles. The van der Waals surface area contributed by atoms with E-state index in [0.29, 0.717) is 17.3 Å². The normalized spacial score (nSPS) is 10.8. The molecular weight excluding hydrogens is 358 g/mol. The third-order valence-electron chi connectivity index (χ3n) is 3.27. The van der Waals surface area contributed by atoms with E-state index < -0.39 is 0 Å². The number of rotatable bonds is 7. The largest absolute Gasteiger partial charge is 0.311 e. The molecule has 1 heterocycles. The number of nitrogens with zero attached hydrogens (tertiary/aromatic N) is 2. The second-order valence-corrected chi connectivity index (χ2v) is 6.69. The standard InChI is InChI=1S/C17H20BrN3O2/c1-12(2)11-21-16(9-10-19-21)20-17(23)8-7-15(22)13-3-5-14(18)6-4-13/h3-6,9-10,12H,7-8,11H2,1-2H3,(H,20,23). The molecule has 0 saturated carbocycles. The van der Waals surface area contributed by atoms with Crippen LogP contribution in [0.4, 0.5) is 5.82 Å². The van der Waals surface area contributed by atoms with Crippen LogP contribution in [0.1, 0.15) is 37.0 Å². The molecule has 23 heavy (non-hydrogen) atoms. The van der Waals surface area contributed by atoms with Gasteiger partial charge in [0.05, 0.1) is 6.20 Å². The molecule has 0 atom stereocenters. The number of amides is 1. The van der Waals surface area contributed by atoms with Crippen molar-refractivity contribution in [3.8, 4) is 0 Å². The van der Waals surface area contributed by atoms with Gasteiger partial charge in [0.1, 0.15) is 5.82 Å². The maximum Gasteiger partial charge on any atom is 0.225 e. The number of carbonyl (C=O) groups excluding carboxylic acids is 2. The number of benzene rings is 1. The van der Waals surface area contributed by atoms with Gasteiger partial charge in [-0.25, -0.2) is 4.68 Å². The second-order valence-electron chi connectivity index (χ2n) is 5.77. The zero-order valence-corrected chi connectivity index (χ0v) is 14.8. The van der Waals surface area contributed by atoms with Crippen molar-refractivity contribution < 1.29 is 9.59 Å². The van der Waals surface area contributed by atoms with Crippen LogP contribution < -0.4 is 5.32 Å². The minimum Gasteiger partial charge on any atom is -0.311 e. The van der Waals surface area contributed by atoms with Crippen LogP contribution in [0, 0.1) is 5.92 Å². The number of aromatic nitrogens is 2. The van der Waals surface area contributed by atoms with Gasteiger partial charge in [-0.1, -0.05) is 41.9 Å². The van der Waals surface area contributed by atoms with Crippen LogP contribution in [-0.4, -0.2) is 21.5 Å². The predicted octanol–water partition coefficient (Wildman–Crippen LogP) is 3.90. The highest BCUT2D eigenvalue weighted by molar-refractivity contribution is 9.10. The quantitative estimate of drug-likeness (QED) is 0.744. The molecular formula is C17H20BrN3O2. The maximum absolute atomic E-state index is 12.1. The average Bonchev–Trinajstić information content (AvgIpc) is 2.91. The highest BCUT2D eigenvalue weighted by Crippen LogP contribution is 2.14. The van der Waals surface area contributed by atoms with E-state index in [1.165, 1.54) is 0 Å².